The van der Waals surface area contributed by atoms with Crippen molar-refractivity contribution in [3.63, 3.8) is 0 Å². The van der Waals surface area contributed by atoms with Crippen LogP contribution in [0.15, 0.2) is 36.7 Å². The van der Waals surface area contributed by atoms with Crippen molar-refractivity contribution in [2.45, 2.75) is 0 Å². The number of nitrogens with two attached hydrogens (primary N) is 1. The quantitative estimate of drug-likeness (QED) is 0.806. The monoisotopic (exact) mass is 233 g/mol. The predicted octanol–water partition coefficient (Wildman–Crippen LogP) is 1.90. The van der Waals surface area contributed by atoms with Crippen LogP contribution in [0.5, 0.6) is 0 Å². The molecule has 2 aromatic rings. The van der Waals surface area contributed by atoms with Crippen LogP contribution in [0.25, 0.3) is 11.3 Å². The first-order chi connectivity index (χ1) is 7.68. The Balaban J connectivity index is 2.46. The number of amides is 1. The summed E-state index contributed by atoms with van der Waals surface area (Å²) < 4.78 is 0. The van der Waals surface area contributed by atoms with E-state index in [1.54, 1.807) is 24.5 Å². The van der Waals surface area contributed by atoms with Gasteiger partial charge in [-0.3, -0.25) is 9.78 Å². The summed E-state index contributed by atoms with van der Waals surface area (Å²) in [5, 5.41) is 0.113. The second-order valence-corrected chi connectivity index (χ2v) is 3.49. The zero-order chi connectivity index (χ0) is 11.5. The number of carbonyl (C=O) groups is 1. The molecule has 0 aromatic carbocycles. The summed E-state index contributed by atoms with van der Waals surface area (Å²) >= 11 is 5.85. The Morgan fingerprint density at radius 2 is 1.88 bits per heavy atom. The van der Waals surface area contributed by atoms with Gasteiger partial charge in [0, 0.05) is 18.0 Å². The van der Waals surface area contributed by atoms with Crippen LogP contribution in [0.4, 0.5) is 0 Å². The topological polar surface area (TPSA) is 68.9 Å². The van der Waals surface area contributed by atoms with Crippen molar-refractivity contribution in [2.75, 3.05) is 0 Å². The molecule has 2 aromatic heterocycles. The third kappa shape index (κ3) is 2.01. The predicted molar refractivity (Wildman–Crippen MR) is 61.0 cm³/mol. The lowest BCUT2D eigenvalue weighted by atomic mass is 10.1. The molecule has 0 aliphatic heterocycles. The van der Waals surface area contributed by atoms with Gasteiger partial charge in [-0.15, -0.1) is 0 Å². The highest BCUT2D eigenvalue weighted by Gasteiger charge is 2.09. The van der Waals surface area contributed by atoms with E-state index >= 15 is 0 Å². The Morgan fingerprint density at radius 1 is 1.19 bits per heavy atom. The molecule has 80 valence electrons. The number of halogens is 1. The van der Waals surface area contributed by atoms with Crippen LogP contribution in [-0.4, -0.2) is 15.9 Å². The lowest BCUT2D eigenvalue weighted by Gasteiger charge is -2.03. The first kappa shape index (κ1) is 10.6. The molecule has 0 unspecified atom stereocenters. The van der Waals surface area contributed by atoms with E-state index in [9.17, 15) is 4.79 Å². The fourth-order valence-electron chi connectivity index (χ4n) is 1.30. The van der Waals surface area contributed by atoms with Crippen molar-refractivity contribution in [1.82, 2.24) is 9.97 Å². The van der Waals surface area contributed by atoms with Crippen molar-refractivity contribution < 1.29 is 4.79 Å². The number of hydrogen-bond acceptors (Lipinski definition) is 3. The molecular formula is C11H8ClN3O. The van der Waals surface area contributed by atoms with E-state index in [1.807, 2.05) is 12.1 Å². The molecule has 2 N–H and O–H groups in total. The molecule has 5 heteroatoms. The number of nitrogens with zero attached hydrogens (tertiary/aromatic N) is 2. The smallest absolute Gasteiger partial charge is 0.251 e. The lowest BCUT2D eigenvalue weighted by Crippen LogP contribution is -2.12. The molecule has 1 amide bonds. The van der Waals surface area contributed by atoms with Crippen LogP contribution in [-0.2, 0) is 0 Å². The highest BCUT2D eigenvalue weighted by atomic mass is 35.5. The van der Waals surface area contributed by atoms with Crippen molar-refractivity contribution in [1.29, 1.82) is 0 Å². The van der Waals surface area contributed by atoms with Gasteiger partial charge in [0.15, 0.2) is 0 Å². The van der Waals surface area contributed by atoms with Crippen LogP contribution >= 0.6 is 11.6 Å². The fourth-order valence-corrected chi connectivity index (χ4v) is 1.55. The van der Waals surface area contributed by atoms with Gasteiger partial charge in [-0.25, -0.2) is 4.98 Å². The van der Waals surface area contributed by atoms with E-state index in [4.69, 9.17) is 17.3 Å². The molecule has 2 rings (SSSR count). The first-order valence-electron chi connectivity index (χ1n) is 4.55. The minimum Gasteiger partial charge on any atom is -0.366 e. The molecule has 16 heavy (non-hydrogen) atoms. The van der Waals surface area contributed by atoms with Crippen LogP contribution in [0.2, 0.25) is 5.15 Å². The number of hydrogen-bond donors (Lipinski definition) is 1. The van der Waals surface area contributed by atoms with Gasteiger partial charge in [-0.2, -0.15) is 0 Å². The fraction of sp³-hybridized carbons (Fsp3) is 0. The van der Waals surface area contributed by atoms with Gasteiger partial charge in [0.1, 0.15) is 5.15 Å². The molecule has 0 atom stereocenters. The summed E-state index contributed by atoms with van der Waals surface area (Å²) in [5.41, 5.74) is 6.91. The third-order valence-electron chi connectivity index (χ3n) is 2.09. The Kier molecular flexibility index (Phi) is 2.83. The molecule has 4 nitrogen and oxygen atoms in total. The summed E-state index contributed by atoms with van der Waals surface area (Å²) in [6, 6.07) is 6.87. The molecule has 0 fully saturated rings. The van der Waals surface area contributed by atoms with Gasteiger partial charge >= 0.3 is 0 Å². The average molecular weight is 234 g/mol. The van der Waals surface area contributed by atoms with Gasteiger partial charge < -0.3 is 5.73 Å². The summed E-state index contributed by atoms with van der Waals surface area (Å²) in [6.07, 6.45) is 3.32. The van der Waals surface area contributed by atoms with E-state index < -0.39 is 5.91 Å². The lowest BCUT2D eigenvalue weighted by molar-refractivity contribution is 0.1000. The van der Waals surface area contributed by atoms with Gasteiger partial charge in [0.2, 0.25) is 0 Å². The average Bonchev–Trinajstić information content (AvgIpc) is 2.29. The molecule has 0 aliphatic rings. The summed E-state index contributed by atoms with van der Waals surface area (Å²) in [6.45, 7) is 0. The SMILES string of the molecule is NC(=O)c1ccc(-c2ccncc2)nc1Cl. The molecular weight excluding hydrogens is 226 g/mol. The summed E-state index contributed by atoms with van der Waals surface area (Å²) in [4.78, 5) is 19.0. The maximum Gasteiger partial charge on any atom is 0.251 e. The normalized spacial score (nSPS) is 10.1. The van der Waals surface area contributed by atoms with Gasteiger partial charge in [-0.1, -0.05) is 11.6 Å². The first-order valence-corrected chi connectivity index (χ1v) is 4.93. The second-order valence-electron chi connectivity index (χ2n) is 3.14. The molecule has 0 bridgehead atoms. The zero-order valence-corrected chi connectivity index (χ0v) is 8.98. The molecule has 0 saturated carbocycles. The van der Waals surface area contributed by atoms with Crippen LogP contribution < -0.4 is 5.73 Å². The minimum atomic E-state index is -0.584. The number of aromatic nitrogens is 2. The van der Waals surface area contributed by atoms with Gasteiger partial charge in [0.05, 0.1) is 11.3 Å². The van der Waals surface area contributed by atoms with Gasteiger partial charge in [0.25, 0.3) is 5.91 Å². The summed E-state index contributed by atoms with van der Waals surface area (Å²) in [5.74, 6) is -0.584. The van der Waals surface area contributed by atoms with Crippen molar-refractivity contribution in [3.05, 3.63) is 47.4 Å². The minimum absolute atomic E-state index is 0.113. The molecule has 2 heterocycles. The Bertz CT molecular complexity index is 528. The molecule has 0 radical (unpaired) electrons. The highest BCUT2D eigenvalue weighted by Crippen LogP contribution is 2.20. The summed E-state index contributed by atoms with van der Waals surface area (Å²) in [7, 11) is 0. The molecule has 0 spiro atoms. The van der Waals surface area contributed by atoms with Gasteiger partial charge in [-0.05, 0) is 24.3 Å². The van der Waals surface area contributed by atoms with E-state index in [1.165, 1.54) is 0 Å². The zero-order valence-electron chi connectivity index (χ0n) is 8.22. The maximum absolute atomic E-state index is 11.0. The van der Waals surface area contributed by atoms with E-state index in [0.29, 0.717) is 5.69 Å². The van der Waals surface area contributed by atoms with E-state index in [0.717, 1.165) is 5.56 Å². The molecule has 0 aliphatic carbocycles. The number of primary amides is 1. The van der Waals surface area contributed by atoms with Crippen LogP contribution in [0, 0.1) is 0 Å². The number of rotatable bonds is 2. The highest BCUT2D eigenvalue weighted by molar-refractivity contribution is 6.32. The van der Waals surface area contributed by atoms with Crippen LogP contribution in [0.1, 0.15) is 10.4 Å². The standard InChI is InChI=1S/C11H8ClN3O/c12-10-8(11(13)16)1-2-9(15-10)7-3-5-14-6-4-7/h1-6H,(H2,13,16). The Labute approximate surface area is 97.1 Å². The number of carbonyl (C=O) groups excluding carboxylic acids is 1. The molecule has 0 saturated heterocycles. The maximum atomic E-state index is 11.0. The van der Waals surface area contributed by atoms with E-state index in [-0.39, 0.29) is 10.7 Å². The van der Waals surface area contributed by atoms with Crippen molar-refractivity contribution >= 4 is 17.5 Å². The van der Waals surface area contributed by atoms with Crippen molar-refractivity contribution in [2.24, 2.45) is 5.73 Å². The van der Waals surface area contributed by atoms with Crippen LogP contribution in [0.3, 0.4) is 0 Å². The Hall–Kier alpha value is -1.94. The van der Waals surface area contributed by atoms with Crippen molar-refractivity contribution in [3.8, 4) is 11.3 Å². The van der Waals surface area contributed by atoms with E-state index in [2.05, 4.69) is 9.97 Å². The second kappa shape index (κ2) is 4.28. The Morgan fingerprint density at radius 3 is 2.44 bits per heavy atom. The third-order valence-corrected chi connectivity index (χ3v) is 2.38. The largest absolute Gasteiger partial charge is 0.366 e. The number of pyridine rings is 2.